The fourth-order valence-corrected chi connectivity index (χ4v) is 2.78. The zero-order valence-corrected chi connectivity index (χ0v) is 12.5. The van der Waals surface area contributed by atoms with Crippen LogP contribution in [0.1, 0.15) is 30.4 Å². The summed E-state index contributed by atoms with van der Waals surface area (Å²) in [7, 11) is 2.17. The summed E-state index contributed by atoms with van der Waals surface area (Å²) in [5, 5.41) is 0. The van der Waals surface area contributed by atoms with Gasteiger partial charge in [0.25, 0.3) is 0 Å². The maximum absolute atomic E-state index is 5.91. The van der Waals surface area contributed by atoms with Crippen LogP contribution in [0.25, 0.3) is 0 Å². The number of ether oxygens (including phenoxy) is 1. The summed E-state index contributed by atoms with van der Waals surface area (Å²) in [5.74, 6) is 0.900. The number of piperidine rings is 1. The molecule has 3 nitrogen and oxygen atoms in total. The van der Waals surface area contributed by atoms with Gasteiger partial charge in [-0.2, -0.15) is 0 Å². The molecule has 0 amide bonds. The average molecular weight is 278 g/mol. The first-order chi connectivity index (χ1) is 9.08. The molecule has 4 heteroatoms. The lowest BCUT2D eigenvalue weighted by Crippen LogP contribution is -2.40. The first-order valence-corrected chi connectivity index (χ1v) is 7.22. The fourth-order valence-electron chi connectivity index (χ4n) is 2.55. The van der Waals surface area contributed by atoms with E-state index in [0.717, 1.165) is 23.5 Å². The van der Waals surface area contributed by atoms with Crippen LogP contribution < -0.4 is 10.5 Å². The minimum Gasteiger partial charge on any atom is -0.492 e. The molecule has 1 saturated heterocycles. The second-order valence-electron chi connectivity index (χ2n) is 5.28. The van der Waals surface area contributed by atoms with Gasteiger partial charge in [0.2, 0.25) is 0 Å². The molecule has 1 fully saturated rings. The van der Waals surface area contributed by atoms with Crippen LogP contribution in [0.5, 0.6) is 5.75 Å². The smallest absolute Gasteiger partial charge is 0.119 e. The minimum absolute atomic E-state index is 0.441. The number of likely N-dealkylation sites (N-methyl/N-ethyl adjacent to an activating group) is 1. The van der Waals surface area contributed by atoms with Crippen molar-refractivity contribution in [2.24, 2.45) is 5.73 Å². The summed E-state index contributed by atoms with van der Waals surface area (Å²) in [6, 6.07) is 6.43. The Balaban J connectivity index is 1.96. The van der Waals surface area contributed by atoms with Crippen molar-refractivity contribution in [3.63, 3.8) is 0 Å². The maximum Gasteiger partial charge on any atom is 0.119 e. The molecule has 1 aliphatic rings. The number of aryl methyl sites for hydroxylation is 1. The Labute approximate surface area is 120 Å². The van der Waals surface area contributed by atoms with Crippen molar-refractivity contribution in [2.75, 3.05) is 20.2 Å². The molecule has 0 radical (unpaired) electrons. The Morgan fingerprint density at radius 1 is 1.47 bits per heavy atom. The zero-order chi connectivity index (χ0) is 13.8. The molecule has 1 heterocycles. The van der Waals surface area contributed by atoms with E-state index < -0.39 is 0 Å². The first-order valence-electron chi connectivity index (χ1n) is 6.81. The molecule has 2 N–H and O–H groups in total. The van der Waals surface area contributed by atoms with Crippen LogP contribution in [-0.2, 0) is 0 Å². The molecular formula is C15H22N2OS. The normalized spacial score (nSPS) is 20.2. The van der Waals surface area contributed by atoms with Crippen LogP contribution in [-0.4, -0.2) is 36.1 Å². The quantitative estimate of drug-likeness (QED) is 0.859. The van der Waals surface area contributed by atoms with Crippen LogP contribution in [0, 0.1) is 6.92 Å². The number of nitrogens with zero attached hydrogens (tertiary/aromatic N) is 1. The molecule has 0 aromatic heterocycles. The average Bonchev–Trinajstić information content (AvgIpc) is 2.37. The van der Waals surface area contributed by atoms with E-state index in [9.17, 15) is 0 Å². The summed E-state index contributed by atoms with van der Waals surface area (Å²) in [6.07, 6.45) is 3.83. The number of benzene rings is 1. The summed E-state index contributed by atoms with van der Waals surface area (Å²) in [6.45, 7) is 3.93. The number of nitrogens with two attached hydrogens (primary N) is 1. The molecule has 1 aromatic rings. The topological polar surface area (TPSA) is 38.5 Å². The standard InChI is InChI=1S/C15H22N2OS/c1-11-9-13(6-7-14(11)15(16)19)18-10-12-5-3-4-8-17(12)2/h6-7,9,12H,3-5,8,10H2,1-2H3,(H2,16,19). The van der Waals surface area contributed by atoms with Crippen molar-refractivity contribution in [2.45, 2.75) is 32.2 Å². The summed E-state index contributed by atoms with van der Waals surface area (Å²) in [5.41, 5.74) is 7.66. The molecule has 19 heavy (non-hydrogen) atoms. The van der Waals surface area contributed by atoms with E-state index in [0.29, 0.717) is 11.0 Å². The molecule has 104 valence electrons. The first kappa shape index (κ1) is 14.3. The van der Waals surface area contributed by atoms with Gasteiger partial charge in [-0.15, -0.1) is 0 Å². The molecule has 1 aliphatic heterocycles. The number of likely N-dealkylation sites (tertiary alicyclic amines) is 1. The van der Waals surface area contributed by atoms with Gasteiger partial charge < -0.3 is 15.4 Å². The van der Waals surface area contributed by atoms with Gasteiger partial charge in [-0.25, -0.2) is 0 Å². The van der Waals surface area contributed by atoms with Crippen LogP contribution >= 0.6 is 12.2 Å². The van der Waals surface area contributed by atoms with Crippen LogP contribution in [0.3, 0.4) is 0 Å². The maximum atomic E-state index is 5.91. The lowest BCUT2D eigenvalue weighted by atomic mass is 10.0. The van der Waals surface area contributed by atoms with E-state index in [4.69, 9.17) is 22.7 Å². The highest BCUT2D eigenvalue weighted by atomic mass is 32.1. The van der Waals surface area contributed by atoms with Crippen molar-refractivity contribution in [3.8, 4) is 5.75 Å². The summed E-state index contributed by atoms with van der Waals surface area (Å²) in [4.78, 5) is 2.83. The van der Waals surface area contributed by atoms with E-state index in [1.165, 1.54) is 25.8 Å². The third kappa shape index (κ3) is 3.67. The second kappa shape index (κ2) is 6.35. The third-order valence-electron chi connectivity index (χ3n) is 3.83. The Kier molecular flexibility index (Phi) is 4.77. The van der Waals surface area contributed by atoms with Crippen molar-refractivity contribution >= 4 is 17.2 Å². The van der Waals surface area contributed by atoms with Crippen LogP contribution in [0.15, 0.2) is 18.2 Å². The molecule has 0 spiro atoms. The van der Waals surface area contributed by atoms with Gasteiger partial charge in [-0.05, 0) is 57.1 Å². The van der Waals surface area contributed by atoms with Crippen molar-refractivity contribution in [1.82, 2.24) is 4.90 Å². The Hall–Kier alpha value is -1.13. The van der Waals surface area contributed by atoms with E-state index in [-0.39, 0.29) is 0 Å². The molecule has 1 atom stereocenters. The second-order valence-corrected chi connectivity index (χ2v) is 5.72. The summed E-state index contributed by atoms with van der Waals surface area (Å²) >= 11 is 5.01. The van der Waals surface area contributed by atoms with Gasteiger partial charge in [0.05, 0.1) is 0 Å². The van der Waals surface area contributed by atoms with E-state index in [2.05, 4.69) is 11.9 Å². The number of thiocarbonyl (C=S) groups is 1. The molecule has 1 aromatic carbocycles. The van der Waals surface area contributed by atoms with Crippen LogP contribution in [0.4, 0.5) is 0 Å². The lowest BCUT2D eigenvalue weighted by Gasteiger charge is -2.32. The predicted octanol–water partition coefficient (Wildman–Crippen LogP) is 2.49. The Morgan fingerprint density at radius 3 is 2.89 bits per heavy atom. The van der Waals surface area contributed by atoms with E-state index in [1.54, 1.807) is 0 Å². The van der Waals surface area contributed by atoms with Gasteiger partial charge in [0, 0.05) is 11.6 Å². The highest BCUT2D eigenvalue weighted by Gasteiger charge is 2.19. The molecular weight excluding hydrogens is 256 g/mol. The van der Waals surface area contributed by atoms with Gasteiger partial charge in [-0.3, -0.25) is 0 Å². The zero-order valence-electron chi connectivity index (χ0n) is 11.7. The molecule has 0 aliphatic carbocycles. The van der Waals surface area contributed by atoms with Crippen molar-refractivity contribution < 1.29 is 4.74 Å². The van der Waals surface area contributed by atoms with Crippen LogP contribution in [0.2, 0.25) is 0 Å². The highest BCUT2D eigenvalue weighted by Crippen LogP contribution is 2.20. The largest absolute Gasteiger partial charge is 0.492 e. The minimum atomic E-state index is 0.441. The van der Waals surface area contributed by atoms with Crippen molar-refractivity contribution in [1.29, 1.82) is 0 Å². The van der Waals surface area contributed by atoms with Gasteiger partial charge in [-0.1, -0.05) is 18.6 Å². The number of hydrogen-bond donors (Lipinski definition) is 1. The van der Waals surface area contributed by atoms with Gasteiger partial charge in [0.1, 0.15) is 17.3 Å². The number of hydrogen-bond acceptors (Lipinski definition) is 3. The fraction of sp³-hybridized carbons (Fsp3) is 0.533. The third-order valence-corrected chi connectivity index (χ3v) is 4.05. The molecule has 0 bridgehead atoms. The Bertz CT molecular complexity index is 461. The molecule has 1 unspecified atom stereocenters. The highest BCUT2D eigenvalue weighted by molar-refractivity contribution is 7.80. The predicted molar refractivity (Wildman–Crippen MR) is 82.8 cm³/mol. The monoisotopic (exact) mass is 278 g/mol. The molecule has 2 rings (SSSR count). The molecule has 0 saturated carbocycles. The lowest BCUT2D eigenvalue weighted by molar-refractivity contribution is 0.125. The Morgan fingerprint density at radius 2 is 2.26 bits per heavy atom. The van der Waals surface area contributed by atoms with Crippen molar-refractivity contribution in [3.05, 3.63) is 29.3 Å². The van der Waals surface area contributed by atoms with E-state index >= 15 is 0 Å². The SMILES string of the molecule is Cc1cc(OCC2CCCCN2C)ccc1C(N)=S. The summed E-state index contributed by atoms with van der Waals surface area (Å²) < 4.78 is 5.91. The van der Waals surface area contributed by atoms with E-state index in [1.807, 2.05) is 25.1 Å². The van der Waals surface area contributed by atoms with Gasteiger partial charge >= 0.3 is 0 Å². The van der Waals surface area contributed by atoms with Gasteiger partial charge in [0.15, 0.2) is 0 Å². The number of rotatable bonds is 4.